The number of hydrogen-bond donors (Lipinski definition) is 1. The molecular formula is C20H25F3N2O6. The lowest BCUT2D eigenvalue weighted by Crippen LogP contribution is -2.47. The molecule has 1 N–H and O–H groups in total. The van der Waals surface area contributed by atoms with Crippen LogP contribution in [0.15, 0.2) is 18.2 Å². The molecule has 11 heteroatoms. The number of halogens is 3. The summed E-state index contributed by atoms with van der Waals surface area (Å²) in [5.74, 6) is -1.77. The number of nitrogens with one attached hydrogen (secondary N) is 1. The molecule has 172 valence electrons. The van der Waals surface area contributed by atoms with Gasteiger partial charge in [0.2, 0.25) is 0 Å². The highest BCUT2D eigenvalue weighted by molar-refractivity contribution is 5.96. The first kappa shape index (κ1) is 24.3. The Morgan fingerprint density at radius 1 is 1.13 bits per heavy atom. The first-order chi connectivity index (χ1) is 14.5. The van der Waals surface area contributed by atoms with Crippen molar-refractivity contribution in [3.63, 3.8) is 0 Å². The van der Waals surface area contributed by atoms with Crippen molar-refractivity contribution in [3.05, 3.63) is 23.8 Å². The van der Waals surface area contributed by atoms with Crippen LogP contribution in [0.2, 0.25) is 0 Å². The maximum atomic E-state index is 12.8. The SMILES string of the molecule is COc1cc(OC)cc(C(=O)NCC(=O)OCC(=O)N(CC(F)(F)F)C(C)C2CC2)c1. The van der Waals surface area contributed by atoms with Crippen molar-refractivity contribution in [2.75, 3.05) is 33.9 Å². The third-order valence-corrected chi connectivity index (χ3v) is 4.83. The molecule has 1 aliphatic rings. The van der Waals surface area contributed by atoms with Crippen LogP contribution in [-0.4, -0.2) is 68.8 Å². The second kappa shape index (κ2) is 10.4. The molecule has 2 rings (SSSR count). The van der Waals surface area contributed by atoms with Crippen molar-refractivity contribution in [2.24, 2.45) is 5.92 Å². The van der Waals surface area contributed by atoms with Gasteiger partial charge >= 0.3 is 12.1 Å². The van der Waals surface area contributed by atoms with Crippen molar-refractivity contribution in [3.8, 4) is 11.5 Å². The van der Waals surface area contributed by atoms with Gasteiger partial charge in [0.15, 0.2) is 6.61 Å². The number of carbonyl (C=O) groups excluding carboxylic acids is 3. The van der Waals surface area contributed by atoms with Crippen LogP contribution in [0, 0.1) is 5.92 Å². The van der Waals surface area contributed by atoms with Gasteiger partial charge in [-0.3, -0.25) is 14.4 Å². The van der Waals surface area contributed by atoms with E-state index in [1.807, 2.05) is 0 Å². The largest absolute Gasteiger partial charge is 0.497 e. The van der Waals surface area contributed by atoms with E-state index in [2.05, 4.69) is 5.32 Å². The second-order valence-electron chi connectivity index (χ2n) is 7.16. The molecule has 0 bridgehead atoms. The van der Waals surface area contributed by atoms with Crippen molar-refractivity contribution in [1.82, 2.24) is 10.2 Å². The lowest BCUT2D eigenvalue weighted by Gasteiger charge is -2.30. The van der Waals surface area contributed by atoms with E-state index >= 15 is 0 Å². The number of hydrogen-bond acceptors (Lipinski definition) is 6. The first-order valence-corrected chi connectivity index (χ1v) is 9.57. The van der Waals surface area contributed by atoms with Gasteiger partial charge < -0.3 is 24.4 Å². The maximum absolute atomic E-state index is 12.8. The van der Waals surface area contributed by atoms with Crippen LogP contribution in [0.5, 0.6) is 11.5 Å². The van der Waals surface area contributed by atoms with Crippen molar-refractivity contribution >= 4 is 17.8 Å². The molecule has 1 fully saturated rings. The van der Waals surface area contributed by atoms with E-state index in [9.17, 15) is 27.6 Å². The number of amides is 2. The van der Waals surface area contributed by atoms with Gasteiger partial charge in [-0.05, 0) is 37.8 Å². The Bertz CT molecular complexity index is 788. The molecule has 0 radical (unpaired) electrons. The highest BCUT2D eigenvalue weighted by atomic mass is 19.4. The van der Waals surface area contributed by atoms with Crippen LogP contribution < -0.4 is 14.8 Å². The van der Waals surface area contributed by atoms with Gasteiger partial charge in [-0.2, -0.15) is 13.2 Å². The molecule has 1 saturated carbocycles. The summed E-state index contributed by atoms with van der Waals surface area (Å²) in [6.45, 7) is -1.26. The van der Waals surface area contributed by atoms with Crippen LogP contribution in [0.1, 0.15) is 30.1 Å². The van der Waals surface area contributed by atoms with E-state index in [0.717, 1.165) is 12.8 Å². The van der Waals surface area contributed by atoms with E-state index in [0.29, 0.717) is 16.4 Å². The molecule has 1 aromatic carbocycles. The summed E-state index contributed by atoms with van der Waals surface area (Å²) in [6, 6.07) is 3.82. The summed E-state index contributed by atoms with van der Waals surface area (Å²) in [5.41, 5.74) is 0.162. The zero-order valence-corrected chi connectivity index (χ0v) is 17.5. The Hall–Kier alpha value is -2.98. The number of nitrogens with zero attached hydrogens (tertiary/aromatic N) is 1. The summed E-state index contributed by atoms with van der Waals surface area (Å²) in [5, 5.41) is 2.31. The van der Waals surface area contributed by atoms with Crippen LogP contribution >= 0.6 is 0 Å². The average molecular weight is 446 g/mol. The summed E-state index contributed by atoms with van der Waals surface area (Å²) in [4.78, 5) is 37.0. The third-order valence-electron chi connectivity index (χ3n) is 4.83. The summed E-state index contributed by atoms with van der Waals surface area (Å²) >= 11 is 0. The first-order valence-electron chi connectivity index (χ1n) is 9.57. The second-order valence-corrected chi connectivity index (χ2v) is 7.16. The number of esters is 1. The highest BCUT2D eigenvalue weighted by Crippen LogP contribution is 2.36. The fourth-order valence-electron chi connectivity index (χ4n) is 2.95. The van der Waals surface area contributed by atoms with Gasteiger partial charge in [0.05, 0.1) is 14.2 Å². The van der Waals surface area contributed by atoms with E-state index in [4.69, 9.17) is 14.2 Å². The maximum Gasteiger partial charge on any atom is 0.406 e. The molecule has 1 unspecified atom stereocenters. The minimum absolute atomic E-state index is 0.0149. The van der Waals surface area contributed by atoms with Crippen molar-refractivity contribution in [1.29, 1.82) is 0 Å². The molecular weight excluding hydrogens is 421 g/mol. The van der Waals surface area contributed by atoms with E-state index < -0.39 is 49.7 Å². The third kappa shape index (κ3) is 7.65. The lowest BCUT2D eigenvalue weighted by molar-refractivity contribution is -0.170. The lowest BCUT2D eigenvalue weighted by atomic mass is 10.2. The molecule has 1 aromatic rings. The topological polar surface area (TPSA) is 94.2 Å². The summed E-state index contributed by atoms with van der Waals surface area (Å²) < 4.78 is 53.4. The molecule has 1 atom stereocenters. The monoisotopic (exact) mass is 446 g/mol. The molecule has 8 nitrogen and oxygen atoms in total. The average Bonchev–Trinajstić information content (AvgIpc) is 3.57. The molecule has 2 amide bonds. The Kier molecular flexibility index (Phi) is 8.12. The number of carbonyl (C=O) groups is 3. The fraction of sp³-hybridized carbons (Fsp3) is 0.550. The number of benzene rings is 1. The zero-order valence-electron chi connectivity index (χ0n) is 17.5. The smallest absolute Gasteiger partial charge is 0.406 e. The Balaban J connectivity index is 1.87. The summed E-state index contributed by atoms with van der Waals surface area (Å²) in [7, 11) is 2.83. The van der Waals surface area contributed by atoms with Crippen LogP contribution in [0.3, 0.4) is 0 Å². The molecule has 0 heterocycles. The predicted molar refractivity (Wildman–Crippen MR) is 103 cm³/mol. The molecule has 31 heavy (non-hydrogen) atoms. The Morgan fingerprint density at radius 3 is 2.19 bits per heavy atom. The summed E-state index contributed by atoms with van der Waals surface area (Å²) in [6.07, 6.45) is -3.05. The van der Waals surface area contributed by atoms with Crippen LogP contribution in [0.25, 0.3) is 0 Å². The van der Waals surface area contributed by atoms with Crippen LogP contribution in [-0.2, 0) is 14.3 Å². The zero-order chi connectivity index (χ0) is 23.2. The highest BCUT2D eigenvalue weighted by Gasteiger charge is 2.40. The van der Waals surface area contributed by atoms with Gasteiger partial charge in [-0.1, -0.05) is 0 Å². The molecule has 0 aliphatic heterocycles. The van der Waals surface area contributed by atoms with Gasteiger partial charge in [0.25, 0.3) is 11.8 Å². The fourth-order valence-corrected chi connectivity index (χ4v) is 2.95. The normalized spacial score (nSPS) is 14.4. The van der Waals surface area contributed by atoms with Gasteiger partial charge in [0, 0.05) is 17.7 Å². The van der Waals surface area contributed by atoms with Gasteiger partial charge in [-0.25, -0.2) is 0 Å². The number of alkyl halides is 3. The minimum atomic E-state index is -4.56. The van der Waals surface area contributed by atoms with Gasteiger partial charge in [0.1, 0.15) is 24.6 Å². The Labute approximate surface area is 177 Å². The quantitative estimate of drug-likeness (QED) is 0.554. The minimum Gasteiger partial charge on any atom is -0.497 e. The molecule has 0 aromatic heterocycles. The number of methoxy groups -OCH3 is 2. The number of ether oxygens (including phenoxy) is 3. The van der Waals surface area contributed by atoms with Gasteiger partial charge in [-0.15, -0.1) is 0 Å². The predicted octanol–water partition coefficient (Wildman–Crippen LogP) is 2.17. The molecule has 1 aliphatic carbocycles. The van der Waals surface area contributed by atoms with E-state index in [1.165, 1.54) is 26.4 Å². The standard InChI is InChI=1S/C20H25F3N2O6/c1-12(13-4-5-13)25(11-20(21,22)23)17(26)10-31-18(27)9-24-19(28)14-6-15(29-2)8-16(7-14)30-3/h6-8,12-13H,4-5,9-11H2,1-3H3,(H,24,28). The van der Waals surface area contributed by atoms with Crippen molar-refractivity contribution < 1.29 is 41.8 Å². The van der Waals surface area contributed by atoms with E-state index in [-0.39, 0.29) is 11.5 Å². The van der Waals surface area contributed by atoms with Crippen LogP contribution in [0.4, 0.5) is 13.2 Å². The molecule has 0 saturated heterocycles. The number of rotatable bonds is 10. The molecule has 0 spiro atoms. The Morgan fingerprint density at radius 2 is 1.71 bits per heavy atom. The van der Waals surface area contributed by atoms with E-state index in [1.54, 1.807) is 13.0 Å². The van der Waals surface area contributed by atoms with Crippen molar-refractivity contribution in [2.45, 2.75) is 32.0 Å².